The van der Waals surface area contributed by atoms with Gasteiger partial charge in [-0.05, 0) is 26.0 Å². The third-order valence-electron chi connectivity index (χ3n) is 4.22. The Bertz CT molecular complexity index is 448. The van der Waals surface area contributed by atoms with Gasteiger partial charge >= 0.3 is 0 Å². The van der Waals surface area contributed by atoms with Crippen LogP contribution in [-0.2, 0) is 0 Å². The van der Waals surface area contributed by atoms with Crippen LogP contribution in [0, 0.1) is 6.92 Å². The van der Waals surface area contributed by atoms with E-state index in [1.807, 2.05) is 18.8 Å². The van der Waals surface area contributed by atoms with Crippen molar-refractivity contribution in [2.45, 2.75) is 58.1 Å². The molecule has 4 nitrogen and oxygen atoms in total. The second kappa shape index (κ2) is 7.87. The van der Waals surface area contributed by atoms with Crippen LogP contribution in [0.2, 0.25) is 0 Å². The summed E-state index contributed by atoms with van der Waals surface area (Å²) in [4.78, 5) is 9.30. The van der Waals surface area contributed by atoms with E-state index in [9.17, 15) is 0 Å². The maximum atomic E-state index is 4.71. The molecule has 0 aliphatic heterocycles. The first kappa shape index (κ1) is 18.1. The molecule has 0 unspecified atom stereocenters. The summed E-state index contributed by atoms with van der Waals surface area (Å²) in [7, 11) is 1.91. The van der Waals surface area contributed by atoms with Gasteiger partial charge in [-0.2, -0.15) is 11.8 Å². The minimum atomic E-state index is 0.273. The first-order chi connectivity index (χ1) is 9.92. The largest absolute Gasteiger partial charge is 0.373 e. The van der Waals surface area contributed by atoms with Crippen LogP contribution in [0.1, 0.15) is 57.8 Å². The van der Waals surface area contributed by atoms with Crippen LogP contribution in [-0.4, -0.2) is 34.6 Å². The lowest BCUT2D eigenvalue weighted by Gasteiger charge is -2.30. The zero-order valence-electron chi connectivity index (χ0n) is 14.5. The monoisotopic (exact) mass is 310 g/mol. The average molecular weight is 311 g/mol. The minimum Gasteiger partial charge on any atom is -0.373 e. The summed E-state index contributed by atoms with van der Waals surface area (Å²) in [5.41, 5.74) is 1.09. The Morgan fingerprint density at radius 2 is 1.71 bits per heavy atom. The molecule has 0 spiro atoms. The Morgan fingerprint density at radius 3 is 2.14 bits per heavy atom. The van der Waals surface area contributed by atoms with E-state index in [0.717, 1.165) is 42.4 Å². The van der Waals surface area contributed by atoms with E-state index in [0.29, 0.717) is 5.92 Å². The smallest absolute Gasteiger partial charge is 0.135 e. The molecule has 0 aliphatic carbocycles. The van der Waals surface area contributed by atoms with E-state index < -0.39 is 0 Å². The first-order valence-electron chi connectivity index (χ1n) is 7.78. The number of thioether (sulfide) groups is 1. The molecule has 21 heavy (non-hydrogen) atoms. The van der Waals surface area contributed by atoms with E-state index in [1.54, 1.807) is 0 Å². The lowest BCUT2D eigenvalue weighted by atomic mass is 10.0. The van der Waals surface area contributed by atoms with E-state index >= 15 is 0 Å². The number of aromatic nitrogens is 2. The predicted molar refractivity (Wildman–Crippen MR) is 95.7 cm³/mol. The Balaban J connectivity index is 3.04. The van der Waals surface area contributed by atoms with Crippen molar-refractivity contribution in [3.8, 4) is 0 Å². The summed E-state index contributed by atoms with van der Waals surface area (Å²) < 4.78 is 0.273. The molecule has 5 heteroatoms. The molecule has 1 heterocycles. The summed E-state index contributed by atoms with van der Waals surface area (Å²) in [5.74, 6) is 3.08. The molecule has 1 aromatic rings. The maximum Gasteiger partial charge on any atom is 0.135 e. The van der Waals surface area contributed by atoms with Crippen molar-refractivity contribution in [1.82, 2.24) is 9.97 Å². The molecule has 2 N–H and O–H groups in total. The highest BCUT2D eigenvalue weighted by Gasteiger charge is 2.25. The summed E-state index contributed by atoms with van der Waals surface area (Å²) in [6.45, 7) is 11.8. The topological polar surface area (TPSA) is 49.8 Å². The van der Waals surface area contributed by atoms with Crippen LogP contribution >= 0.6 is 11.8 Å². The van der Waals surface area contributed by atoms with Crippen molar-refractivity contribution in [2.24, 2.45) is 0 Å². The molecule has 120 valence electrons. The summed E-state index contributed by atoms with van der Waals surface area (Å²) in [6.07, 6.45) is 4.50. The lowest BCUT2D eigenvalue weighted by molar-refractivity contribution is 0.573. The Labute approximate surface area is 133 Å². The molecule has 0 aliphatic rings. The minimum absolute atomic E-state index is 0.273. The van der Waals surface area contributed by atoms with Crippen molar-refractivity contribution < 1.29 is 0 Å². The molecule has 0 bridgehead atoms. The predicted octanol–water partition coefficient (Wildman–Crippen LogP) is 4.28. The number of anilines is 2. The molecule has 0 saturated heterocycles. The summed E-state index contributed by atoms with van der Waals surface area (Å²) in [6, 6.07) is 0. The van der Waals surface area contributed by atoms with Crippen LogP contribution < -0.4 is 10.6 Å². The molecule has 0 fully saturated rings. The van der Waals surface area contributed by atoms with Gasteiger partial charge in [0, 0.05) is 29.8 Å². The van der Waals surface area contributed by atoms with Gasteiger partial charge in [0.1, 0.15) is 17.5 Å². The highest BCUT2D eigenvalue weighted by Crippen LogP contribution is 2.31. The van der Waals surface area contributed by atoms with Crippen molar-refractivity contribution >= 4 is 23.4 Å². The van der Waals surface area contributed by atoms with E-state index in [2.05, 4.69) is 56.5 Å². The zero-order valence-corrected chi connectivity index (χ0v) is 15.3. The molecule has 1 rings (SSSR count). The standard InChI is InChI=1S/C16H30N4S/c1-8-16(9-2,21-7)10-18-15-12(5)14(17-6)19-13(20-15)11(3)4/h11H,8-10H2,1-7H3,(H2,17,18,19,20). The number of hydrogen-bond donors (Lipinski definition) is 2. The average Bonchev–Trinajstić information content (AvgIpc) is 2.50. The molecular weight excluding hydrogens is 280 g/mol. The Hall–Kier alpha value is -0.970. The van der Waals surface area contributed by atoms with Gasteiger partial charge in [-0.1, -0.05) is 27.7 Å². The second-order valence-electron chi connectivity index (χ2n) is 5.76. The molecular formula is C16H30N4S. The number of nitrogens with one attached hydrogen (secondary N) is 2. The maximum absolute atomic E-state index is 4.71. The zero-order chi connectivity index (χ0) is 16.0. The number of nitrogens with zero attached hydrogens (tertiary/aromatic N) is 2. The summed E-state index contributed by atoms with van der Waals surface area (Å²) in [5, 5.41) is 6.74. The van der Waals surface area contributed by atoms with Crippen molar-refractivity contribution in [3.63, 3.8) is 0 Å². The highest BCUT2D eigenvalue weighted by atomic mass is 32.2. The molecule has 0 amide bonds. The van der Waals surface area contributed by atoms with E-state index in [1.165, 1.54) is 0 Å². The molecule has 0 radical (unpaired) electrons. The van der Waals surface area contributed by atoms with Gasteiger partial charge in [0.25, 0.3) is 0 Å². The van der Waals surface area contributed by atoms with Crippen molar-refractivity contribution in [2.75, 3.05) is 30.5 Å². The van der Waals surface area contributed by atoms with Gasteiger partial charge < -0.3 is 10.6 Å². The van der Waals surface area contributed by atoms with E-state index in [4.69, 9.17) is 4.98 Å². The van der Waals surface area contributed by atoms with Gasteiger partial charge in [0.05, 0.1) is 0 Å². The van der Waals surface area contributed by atoms with Crippen LogP contribution in [0.25, 0.3) is 0 Å². The van der Waals surface area contributed by atoms with Crippen molar-refractivity contribution in [3.05, 3.63) is 11.4 Å². The molecule has 0 saturated carbocycles. The SMILES string of the molecule is CCC(CC)(CNc1nc(C(C)C)nc(NC)c1C)SC. The quantitative estimate of drug-likeness (QED) is 0.750. The normalized spacial score (nSPS) is 11.8. The first-order valence-corrected chi connectivity index (χ1v) is 9.00. The Kier molecular flexibility index (Phi) is 6.78. The highest BCUT2D eigenvalue weighted by molar-refractivity contribution is 8.00. The van der Waals surface area contributed by atoms with Crippen LogP contribution in [0.4, 0.5) is 11.6 Å². The van der Waals surface area contributed by atoms with Gasteiger partial charge in [-0.25, -0.2) is 9.97 Å². The van der Waals surface area contributed by atoms with Crippen LogP contribution in [0.5, 0.6) is 0 Å². The lowest BCUT2D eigenvalue weighted by Crippen LogP contribution is -2.32. The number of rotatable bonds is 8. The molecule has 0 atom stereocenters. The van der Waals surface area contributed by atoms with Crippen molar-refractivity contribution in [1.29, 1.82) is 0 Å². The van der Waals surface area contributed by atoms with Gasteiger partial charge in [-0.15, -0.1) is 0 Å². The fourth-order valence-corrected chi connectivity index (χ4v) is 3.11. The fourth-order valence-electron chi connectivity index (χ4n) is 2.31. The molecule has 1 aromatic heterocycles. The summed E-state index contributed by atoms with van der Waals surface area (Å²) >= 11 is 1.94. The Morgan fingerprint density at radius 1 is 1.14 bits per heavy atom. The van der Waals surface area contributed by atoms with E-state index in [-0.39, 0.29) is 4.75 Å². The fraction of sp³-hybridized carbons (Fsp3) is 0.750. The second-order valence-corrected chi connectivity index (χ2v) is 7.03. The van der Waals surface area contributed by atoms with Gasteiger partial charge in [0.2, 0.25) is 0 Å². The third-order valence-corrected chi connectivity index (χ3v) is 5.80. The van der Waals surface area contributed by atoms with Gasteiger partial charge in [0.15, 0.2) is 0 Å². The molecule has 0 aromatic carbocycles. The van der Waals surface area contributed by atoms with Crippen LogP contribution in [0.3, 0.4) is 0 Å². The van der Waals surface area contributed by atoms with Gasteiger partial charge in [-0.3, -0.25) is 0 Å². The van der Waals surface area contributed by atoms with Crippen LogP contribution in [0.15, 0.2) is 0 Å². The third kappa shape index (κ3) is 4.25. The number of hydrogen-bond acceptors (Lipinski definition) is 5.